The molecular weight excluding hydrogens is 226 g/mol. The van der Waals surface area contributed by atoms with Crippen molar-refractivity contribution in [1.82, 2.24) is 9.97 Å². The van der Waals surface area contributed by atoms with Gasteiger partial charge >= 0.3 is 5.69 Å². The van der Waals surface area contributed by atoms with E-state index in [-0.39, 0.29) is 17.3 Å². The van der Waals surface area contributed by atoms with Gasteiger partial charge in [-0.25, -0.2) is 4.98 Å². The van der Waals surface area contributed by atoms with Crippen LogP contribution in [-0.2, 0) is 4.74 Å². The molecule has 0 atom stereocenters. The van der Waals surface area contributed by atoms with Gasteiger partial charge in [0.2, 0.25) is 0 Å². The van der Waals surface area contributed by atoms with Crippen molar-refractivity contribution in [1.29, 1.82) is 0 Å². The maximum atomic E-state index is 10.9. The Kier molecular flexibility index (Phi) is 4.38. The molecular formula is C10H13N3O4. The zero-order valence-electron chi connectivity index (χ0n) is 9.84. The SMILES string of the molecule is CCO/C=C/c1nc(C)nc(OC)c1[N+](=O)[O-]. The molecule has 1 heterocycles. The summed E-state index contributed by atoms with van der Waals surface area (Å²) in [6.07, 6.45) is 2.77. The Morgan fingerprint density at radius 3 is 2.71 bits per heavy atom. The summed E-state index contributed by atoms with van der Waals surface area (Å²) in [6, 6.07) is 0. The Balaban J connectivity index is 3.25. The monoisotopic (exact) mass is 239 g/mol. The summed E-state index contributed by atoms with van der Waals surface area (Å²) in [5.41, 5.74) is -0.109. The molecule has 0 aliphatic carbocycles. The lowest BCUT2D eigenvalue weighted by molar-refractivity contribution is -0.386. The van der Waals surface area contributed by atoms with Crippen LogP contribution in [0.25, 0.3) is 6.08 Å². The molecule has 1 aromatic rings. The van der Waals surface area contributed by atoms with Crippen LogP contribution in [0.3, 0.4) is 0 Å². The maximum Gasteiger partial charge on any atom is 0.356 e. The molecule has 0 spiro atoms. The molecule has 0 unspecified atom stereocenters. The van der Waals surface area contributed by atoms with Gasteiger partial charge in [0.25, 0.3) is 5.88 Å². The highest BCUT2D eigenvalue weighted by Gasteiger charge is 2.23. The second-order valence-electron chi connectivity index (χ2n) is 3.03. The topological polar surface area (TPSA) is 87.4 Å². The molecule has 0 saturated carbocycles. The van der Waals surface area contributed by atoms with Crippen LogP contribution in [0.4, 0.5) is 5.69 Å². The normalized spacial score (nSPS) is 10.5. The predicted molar refractivity (Wildman–Crippen MR) is 60.6 cm³/mol. The summed E-state index contributed by atoms with van der Waals surface area (Å²) < 4.78 is 9.85. The summed E-state index contributed by atoms with van der Waals surface area (Å²) in [5, 5.41) is 10.9. The molecule has 1 aromatic heterocycles. The van der Waals surface area contributed by atoms with E-state index in [2.05, 4.69) is 9.97 Å². The van der Waals surface area contributed by atoms with Crippen molar-refractivity contribution in [2.24, 2.45) is 0 Å². The van der Waals surface area contributed by atoms with Gasteiger partial charge in [-0.3, -0.25) is 10.1 Å². The number of ether oxygens (including phenoxy) is 2. The van der Waals surface area contributed by atoms with Crippen LogP contribution in [0.2, 0.25) is 0 Å². The van der Waals surface area contributed by atoms with Crippen LogP contribution >= 0.6 is 0 Å². The number of hydrogen-bond acceptors (Lipinski definition) is 6. The first kappa shape index (κ1) is 12.9. The third-order valence-corrected chi connectivity index (χ3v) is 1.86. The molecule has 0 saturated heterocycles. The van der Waals surface area contributed by atoms with E-state index in [0.29, 0.717) is 12.4 Å². The van der Waals surface area contributed by atoms with Crippen molar-refractivity contribution in [2.45, 2.75) is 13.8 Å². The first-order chi connectivity index (χ1) is 8.10. The average molecular weight is 239 g/mol. The lowest BCUT2D eigenvalue weighted by atomic mass is 10.3. The molecule has 0 amide bonds. The second kappa shape index (κ2) is 5.78. The van der Waals surface area contributed by atoms with Gasteiger partial charge in [-0.05, 0) is 13.8 Å². The minimum absolute atomic E-state index is 0.0568. The number of hydrogen-bond donors (Lipinski definition) is 0. The number of methoxy groups -OCH3 is 1. The molecule has 0 bridgehead atoms. The van der Waals surface area contributed by atoms with Crippen LogP contribution in [-0.4, -0.2) is 28.6 Å². The molecule has 0 aliphatic rings. The van der Waals surface area contributed by atoms with Gasteiger partial charge in [0.05, 0.1) is 24.9 Å². The van der Waals surface area contributed by atoms with Crippen molar-refractivity contribution < 1.29 is 14.4 Å². The number of aromatic nitrogens is 2. The number of rotatable bonds is 5. The summed E-state index contributed by atoms with van der Waals surface area (Å²) in [5.74, 6) is 0.335. The summed E-state index contributed by atoms with van der Waals surface area (Å²) >= 11 is 0. The first-order valence-corrected chi connectivity index (χ1v) is 4.95. The molecule has 17 heavy (non-hydrogen) atoms. The minimum atomic E-state index is -0.579. The fraction of sp³-hybridized carbons (Fsp3) is 0.400. The van der Waals surface area contributed by atoms with E-state index < -0.39 is 4.92 Å². The van der Waals surface area contributed by atoms with Crippen LogP contribution in [0.1, 0.15) is 18.4 Å². The van der Waals surface area contributed by atoms with Crippen molar-refractivity contribution in [2.75, 3.05) is 13.7 Å². The van der Waals surface area contributed by atoms with Gasteiger partial charge < -0.3 is 9.47 Å². The van der Waals surface area contributed by atoms with E-state index in [1.807, 2.05) is 6.92 Å². The van der Waals surface area contributed by atoms with Crippen molar-refractivity contribution in [3.05, 3.63) is 27.9 Å². The zero-order valence-corrected chi connectivity index (χ0v) is 9.84. The fourth-order valence-electron chi connectivity index (χ4n) is 1.20. The van der Waals surface area contributed by atoms with Crippen molar-refractivity contribution in [3.8, 4) is 5.88 Å². The molecule has 0 fully saturated rings. The maximum absolute atomic E-state index is 10.9. The lowest BCUT2D eigenvalue weighted by Crippen LogP contribution is -2.03. The molecule has 0 radical (unpaired) electrons. The third kappa shape index (κ3) is 3.13. The third-order valence-electron chi connectivity index (χ3n) is 1.86. The molecule has 7 heteroatoms. The fourth-order valence-corrected chi connectivity index (χ4v) is 1.20. The number of aryl methyl sites for hydroxylation is 1. The first-order valence-electron chi connectivity index (χ1n) is 4.95. The standard InChI is InChI=1S/C10H13N3O4/c1-4-17-6-5-8-9(13(14)15)10(16-3)12-7(2)11-8/h5-6H,4H2,1-3H3/b6-5+. The van der Waals surface area contributed by atoms with Crippen LogP contribution < -0.4 is 4.74 Å². The molecule has 1 rings (SSSR count). The Morgan fingerprint density at radius 2 is 2.18 bits per heavy atom. The van der Waals surface area contributed by atoms with Crippen LogP contribution in [0, 0.1) is 17.0 Å². The molecule has 0 aliphatic heterocycles. The van der Waals surface area contributed by atoms with Crippen LogP contribution in [0.5, 0.6) is 5.88 Å². The van der Waals surface area contributed by atoms with E-state index in [0.717, 1.165) is 0 Å². The Hall–Kier alpha value is -2.18. The van der Waals surface area contributed by atoms with Gasteiger partial charge in [0.15, 0.2) is 5.69 Å². The van der Waals surface area contributed by atoms with Crippen molar-refractivity contribution in [3.63, 3.8) is 0 Å². The van der Waals surface area contributed by atoms with Gasteiger partial charge in [-0.15, -0.1) is 0 Å². The zero-order chi connectivity index (χ0) is 12.8. The van der Waals surface area contributed by atoms with E-state index in [1.54, 1.807) is 6.92 Å². The lowest BCUT2D eigenvalue weighted by Gasteiger charge is -2.04. The Morgan fingerprint density at radius 1 is 1.47 bits per heavy atom. The molecule has 0 N–H and O–H groups in total. The largest absolute Gasteiger partial charge is 0.501 e. The quantitative estimate of drug-likeness (QED) is 0.441. The molecule has 0 aromatic carbocycles. The van der Waals surface area contributed by atoms with Gasteiger partial charge in [-0.2, -0.15) is 4.98 Å². The highest BCUT2D eigenvalue weighted by molar-refractivity contribution is 5.60. The van der Waals surface area contributed by atoms with Gasteiger partial charge in [0, 0.05) is 6.08 Å². The second-order valence-corrected chi connectivity index (χ2v) is 3.03. The summed E-state index contributed by atoms with van der Waals surface area (Å²) in [6.45, 7) is 3.92. The van der Waals surface area contributed by atoms with Gasteiger partial charge in [-0.1, -0.05) is 0 Å². The number of nitrogens with zero attached hydrogens (tertiary/aromatic N) is 3. The smallest absolute Gasteiger partial charge is 0.356 e. The summed E-state index contributed by atoms with van der Waals surface area (Å²) in [4.78, 5) is 18.2. The number of nitro groups is 1. The molecule has 7 nitrogen and oxygen atoms in total. The highest BCUT2D eigenvalue weighted by atomic mass is 16.6. The Bertz CT molecular complexity index is 445. The predicted octanol–water partition coefficient (Wildman–Crippen LogP) is 1.71. The van der Waals surface area contributed by atoms with E-state index >= 15 is 0 Å². The highest BCUT2D eigenvalue weighted by Crippen LogP contribution is 2.28. The Labute approximate surface area is 98.3 Å². The average Bonchev–Trinajstić information content (AvgIpc) is 2.28. The van der Waals surface area contributed by atoms with E-state index in [1.165, 1.54) is 19.4 Å². The van der Waals surface area contributed by atoms with Crippen LogP contribution in [0.15, 0.2) is 6.26 Å². The summed E-state index contributed by atoms with van der Waals surface area (Å²) in [7, 11) is 1.32. The van der Waals surface area contributed by atoms with E-state index in [9.17, 15) is 10.1 Å². The minimum Gasteiger partial charge on any atom is -0.501 e. The van der Waals surface area contributed by atoms with Gasteiger partial charge in [0.1, 0.15) is 5.82 Å². The van der Waals surface area contributed by atoms with E-state index in [4.69, 9.17) is 9.47 Å². The molecule has 92 valence electrons. The van der Waals surface area contributed by atoms with Crippen molar-refractivity contribution >= 4 is 11.8 Å².